The summed E-state index contributed by atoms with van der Waals surface area (Å²) in [6.45, 7) is 1.99. The van der Waals surface area contributed by atoms with Crippen LogP contribution in [0.3, 0.4) is 0 Å². The number of halogens is 1. The number of aryl methyl sites for hydroxylation is 1. The van der Waals surface area contributed by atoms with Gasteiger partial charge >= 0.3 is 0 Å². The van der Waals surface area contributed by atoms with E-state index < -0.39 is 0 Å². The topological polar surface area (TPSA) is 25.8 Å². The molecule has 0 saturated carbocycles. The fraction of sp³-hybridized carbons (Fsp3) is 0.231. The Morgan fingerprint density at radius 3 is 2.38 bits per heavy atom. The highest BCUT2D eigenvalue weighted by atomic mass is 79.9. The van der Waals surface area contributed by atoms with Crippen molar-refractivity contribution in [3.8, 4) is 0 Å². The van der Waals surface area contributed by atoms with Gasteiger partial charge in [-0.1, -0.05) is 46.3 Å². The maximum atomic E-state index is 4.30. The normalized spacial score (nSPS) is 12.4. The standard InChI is InChI=1S/C13H13BrN2/c1-10-8-15-13(16-9-10)7-12(14)11-5-3-2-4-6-11/h2-6,8-9,12H,7H2,1H3. The molecular formula is C13H13BrN2. The van der Waals surface area contributed by atoms with Gasteiger partial charge in [0, 0.05) is 23.6 Å². The van der Waals surface area contributed by atoms with E-state index in [1.54, 1.807) is 0 Å². The van der Waals surface area contributed by atoms with Crippen molar-refractivity contribution in [3.05, 3.63) is 59.7 Å². The smallest absolute Gasteiger partial charge is 0.129 e. The molecule has 0 aliphatic heterocycles. The Balaban J connectivity index is 2.08. The molecule has 0 radical (unpaired) electrons. The minimum Gasteiger partial charge on any atom is -0.241 e. The Morgan fingerprint density at radius 1 is 1.12 bits per heavy atom. The molecule has 1 atom stereocenters. The van der Waals surface area contributed by atoms with Crippen molar-refractivity contribution >= 4 is 15.9 Å². The average Bonchev–Trinajstić information content (AvgIpc) is 2.33. The minimum atomic E-state index is 0.274. The van der Waals surface area contributed by atoms with Crippen LogP contribution in [0.1, 0.15) is 21.8 Å². The van der Waals surface area contributed by atoms with Crippen LogP contribution < -0.4 is 0 Å². The minimum absolute atomic E-state index is 0.274. The van der Waals surface area contributed by atoms with E-state index in [4.69, 9.17) is 0 Å². The number of hydrogen-bond donors (Lipinski definition) is 0. The molecule has 0 fully saturated rings. The zero-order valence-corrected chi connectivity index (χ0v) is 10.7. The molecule has 2 aromatic rings. The quantitative estimate of drug-likeness (QED) is 0.803. The fourth-order valence-electron chi connectivity index (χ4n) is 1.46. The first-order chi connectivity index (χ1) is 7.75. The summed E-state index contributed by atoms with van der Waals surface area (Å²) >= 11 is 3.66. The van der Waals surface area contributed by atoms with Gasteiger partial charge in [0.2, 0.25) is 0 Å². The predicted molar refractivity (Wildman–Crippen MR) is 68.6 cm³/mol. The van der Waals surface area contributed by atoms with Crippen molar-refractivity contribution in [2.45, 2.75) is 18.2 Å². The number of nitrogens with zero attached hydrogens (tertiary/aromatic N) is 2. The summed E-state index contributed by atoms with van der Waals surface area (Å²) in [4.78, 5) is 8.88. The molecule has 1 aromatic carbocycles. The number of hydrogen-bond acceptors (Lipinski definition) is 2. The van der Waals surface area contributed by atoms with Gasteiger partial charge in [-0.05, 0) is 18.1 Å². The molecule has 0 aliphatic rings. The van der Waals surface area contributed by atoms with Crippen LogP contribution in [0.25, 0.3) is 0 Å². The molecule has 0 N–H and O–H groups in total. The summed E-state index contributed by atoms with van der Waals surface area (Å²) in [5, 5.41) is 0. The Kier molecular flexibility index (Phi) is 3.67. The molecule has 1 unspecified atom stereocenters. The molecule has 2 nitrogen and oxygen atoms in total. The second kappa shape index (κ2) is 5.21. The molecule has 3 heteroatoms. The monoisotopic (exact) mass is 276 g/mol. The first kappa shape index (κ1) is 11.3. The fourth-order valence-corrected chi connectivity index (χ4v) is 2.06. The Hall–Kier alpha value is -1.22. The molecule has 82 valence electrons. The van der Waals surface area contributed by atoms with E-state index in [2.05, 4.69) is 38.0 Å². The second-order valence-electron chi connectivity index (χ2n) is 3.76. The third kappa shape index (κ3) is 2.89. The highest BCUT2D eigenvalue weighted by Crippen LogP contribution is 2.25. The summed E-state index contributed by atoms with van der Waals surface area (Å²) in [5.41, 5.74) is 2.35. The molecule has 2 rings (SSSR count). The van der Waals surface area contributed by atoms with Crippen molar-refractivity contribution < 1.29 is 0 Å². The predicted octanol–water partition coefficient (Wildman–Crippen LogP) is 3.46. The van der Waals surface area contributed by atoms with Crippen LogP contribution in [0.2, 0.25) is 0 Å². The number of alkyl halides is 1. The summed E-state index contributed by atoms with van der Waals surface area (Å²) in [7, 11) is 0. The van der Waals surface area contributed by atoms with E-state index >= 15 is 0 Å². The van der Waals surface area contributed by atoms with Gasteiger partial charge < -0.3 is 0 Å². The summed E-state index contributed by atoms with van der Waals surface area (Å²) in [6, 6.07) is 10.3. The molecule has 0 saturated heterocycles. The number of benzene rings is 1. The molecule has 0 bridgehead atoms. The van der Waals surface area contributed by atoms with Gasteiger partial charge in [-0.2, -0.15) is 0 Å². The first-order valence-corrected chi connectivity index (χ1v) is 6.14. The average molecular weight is 277 g/mol. The van der Waals surface area contributed by atoms with Gasteiger partial charge in [0.15, 0.2) is 0 Å². The molecule has 16 heavy (non-hydrogen) atoms. The van der Waals surface area contributed by atoms with Crippen molar-refractivity contribution in [1.82, 2.24) is 9.97 Å². The van der Waals surface area contributed by atoms with Crippen molar-refractivity contribution in [1.29, 1.82) is 0 Å². The lowest BCUT2D eigenvalue weighted by Gasteiger charge is -2.08. The van der Waals surface area contributed by atoms with E-state index in [9.17, 15) is 0 Å². The zero-order chi connectivity index (χ0) is 11.4. The van der Waals surface area contributed by atoms with Crippen LogP contribution >= 0.6 is 15.9 Å². The number of aromatic nitrogens is 2. The molecule has 1 heterocycles. The molecule has 0 amide bonds. The molecule has 0 spiro atoms. The van der Waals surface area contributed by atoms with Crippen molar-refractivity contribution in [2.75, 3.05) is 0 Å². The van der Waals surface area contributed by atoms with Crippen molar-refractivity contribution in [2.24, 2.45) is 0 Å². The lowest BCUT2D eigenvalue weighted by molar-refractivity contribution is 0.846. The van der Waals surface area contributed by atoms with Gasteiger partial charge in [0.1, 0.15) is 5.82 Å². The van der Waals surface area contributed by atoms with Gasteiger partial charge in [0.05, 0.1) is 0 Å². The Bertz CT molecular complexity index is 439. The molecular weight excluding hydrogens is 264 g/mol. The van der Waals surface area contributed by atoms with Crippen LogP contribution in [-0.2, 0) is 6.42 Å². The molecule has 1 aromatic heterocycles. The van der Waals surface area contributed by atoms with Crippen LogP contribution in [0.15, 0.2) is 42.7 Å². The Morgan fingerprint density at radius 2 is 1.75 bits per heavy atom. The lowest BCUT2D eigenvalue weighted by atomic mass is 10.1. The first-order valence-electron chi connectivity index (χ1n) is 5.22. The van der Waals surface area contributed by atoms with Gasteiger partial charge in [-0.3, -0.25) is 0 Å². The van der Waals surface area contributed by atoms with E-state index in [0.29, 0.717) is 0 Å². The third-order valence-corrected chi connectivity index (χ3v) is 3.21. The summed E-state index contributed by atoms with van der Waals surface area (Å²) in [5.74, 6) is 0.872. The summed E-state index contributed by atoms with van der Waals surface area (Å²) in [6.07, 6.45) is 4.52. The largest absolute Gasteiger partial charge is 0.241 e. The Labute approximate surface area is 104 Å². The van der Waals surface area contributed by atoms with Gasteiger partial charge in [-0.15, -0.1) is 0 Å². The van der Waals surface area contributed by atoms with Crippen LogP contribution in [0.5, 0.6) is 0 Å². The van der Waals surface area contributed by atoms with Gasteiger partial charge in [-0.25, -0.2) is 9.97 Å². The van der Waals surface area contributed by atoms with E-state index in [0.717, 1.165) is 17.8 Å². The van der Waals surface area contributed by atoms with E-state index in [1.165, 1.54) is 5.56 Å². The molecule has 0 aliphatic carbocycles. The lowest BCUT2D eigenvalue weighted by Crippen LogP contribution is -2.00. The second-order valence-corrected chi connectivity index (χ2v) is 4.86. The summed E-state index contributed by atoms with van der Waals surface area (Å²) < 4.78 is 0. The zero-order valence-electron chi connectivity index (χ0n) is 9.10. The van der Waals surface area contributed by atoms with E-state index in [1.807, 2.05) is 37.5 Å². The SMILES string of the molecule is Cc1cnc(CC(Br)c2ccccc2)nc1. The van der Waals surface area contributed by atoms with E-state index in [-0.39, 0.29) is 4.83 Å². The van der Waals surface area contributed by atoms with Crippen LogP contribution in [-0.4, -0.2) is 9.97 Å². The van der Waals surface area contributed by atoms with Gasteiger partial charge in [0.25, 0.3) is 0 Å². The third-order valence-electron chi connectivity index (χ3n) is 2.36. The van der Waals surface area contributed by atoms with Crippen LogP contribution in [0, 0.1) is 6.92 Å². The van der Waals surface area contributed by atoms with Crippen LogP contribution in [0.4, 0.5) is 0 Å². The maximum absolute atomic E-state index is 4.30. The van der Waals surface area contributed by atoms with Crippen molar-refractivity contribution in [3.63, 3.8) is 0 Å². The highest BCUT2D eigenvalue weighted by Gasteiger charge is 2.09. The highest BCUT2D eigenvalue weighted by molar-refractivity contribution is 9.09. The maximum Gasteiger partial charge on any atom is 0.129 e. The number of rotatable bonds is 3.